The van der Waals surface area contributed by atoms with Crippen LogP contribution in [0.5, 0.6) is 11.5 Å². The van der Waals surface area contributed by atoms with Crippen molar-refractivity contribution in [2.45, 2.75) is 4.90 Å². The van der Waals surface area contributed by atoms with Crippen LogP contribution >= 0.6 is 0 Å². The van der Waals surface area contributed by atoms with Crippen molar-refractivity contribution in [2.24, 2.45) is 0 Å². The maximum absolute atomic E-state index is 12.0. The van der Waals surface area contributed by atoms with Gasteiger partial charge in [0.25, 0.3) is 0 Å². The minimum Gasteiger partial charge on any atom is -0.457 e. The highest BCUT2D eigenvalue weighted by Gasteiger charge is 2.21. The predicted molar refractivity (Wildman–Crippen MR) is 135 cm³/mol. The van der Waals surface area contributed by atoms with Crippen LogP contribution in [0.1, 0.15) is 0 Å². The minimum absolute atomic E-state index is 0.267. The third-order valence-corrected chi connectivity index (χ3v) is 6.95. The molecule has 0 saturated carbocycles. The van der Waals surface area contributed by atoms with Gasteiger partial charge in [0.05, 0.1) is 16.1 Å². The number of benzene rings is 4. The Kier molecular flexibility index (Phi) is 4.93. The molecule has 0 aliphatic carbocycles. The largest absolute Gasteiger partial charge is 0.457 e. The van der Waals surface area contributed by atoms with Crippen molar-refractivity contribution in [3.63, 3.8) is 0 Å². The van der Waals surface area contributed by atoms with Crippen molar-refractivity contribution >= 4 is 26.8 Å². The normalized spacial score (nSPS) is 11.8. The third kappa shape index (κ3) is 3.86. The minimum atomic E-state index is -3.30. The summed E-state index contributed by atoms with van der Waals surface area (Å²) in [5, 5.41) is 0. The lowest BCUT2D eigenvalue weighted by Crippen LogP contribution is -1.97. The molecule has 0 radical (unpaired) electrons. The smallest absolute Gasteiger partial charge is 0.307 e. The Morgan fingerprint density at radius 3 is 2.09 bits per heavy atom. The molecular weight excluding hydrogens is 460 g/mol. The van der Waals surface area contributed by atoms with Gasteiger partial charge in [-0.25, -0.2) is 8.42 Å². The van der Waals surface area contributed by atoms with Gasteiger partial charge >= 0.3 is 5.84 Å². The number of para-hydroxylation sites is 3. The van der Waals surface area contributed by atoms with E-state index in [1.807, 2.05) is 83.3 Å². The number of sulfone groups is 1. The topological polar surface area (TPSA) is 73.8 Å². The number of aromatic nitrogens is 2. The lowest BCUT2D eigenvalue weighted by Gasteiger charge is -2.08. The highest BCUT2D eigenvalue weighted by atomic mass is 32.2. The van der Waals surface area contributed by atoms with E-state index in [9.17, 15) is 8.42 Å². The summed E-state index contributed by atoms with van der Waals surface area (Å²) < 4.78 is 37.9. The summed E-state index contributed by atoms with van der Waals surface area (Å²) in [7, 11) is -3.30. The molecule has 0 unspecified atom stereocenters. The van der Waals surface area contributed by atoms with Gasteiger partial charge in [0.15, 0.2) is 15.4 Å². The molecule has 0 amide bonds. The van der Waals surface area contributed by atoms with E-state index in [-0.39, 0.29) is 4.90 Å². The van der Waals surface area contributed by atoms with Crippen LogP contribution in [0.3, 0.4) is 0 Å². The van der Waals surface area contributed by atoms with Crippen molar-refractivity contribution in [3.05, 3.63) is 103 Å². The summed E-state index contributed by atoms with van der Waals surface area (Å²) in [4.78, 5) is 5.09. The quantitative estimate of drug-likeness (QED) is 0.278. The van der Waals surface area contributed by atoms with E-state index in [4.69, 9.17) is 14.1 Å². The molecule has 2 aromatic heterocycles. The molecule has 0 fully saturated rings. The first-order chi connectivity index (χ1) is 17.0. The molecule has 6 rings (SSSR count). The van der Waals surface area contributed by atoms with E-state index in [0.717, 1.165) is 39.4 Å². The van der Waals surface area contributed by atoms with Gasteiger partial charge in [-0.05, 0) is 60.7 Å². The Bertz CT molecular complexity index is 1770. The van der Waals surface area contributed by atoms with Crippen LogP contribution in [0.2, 0.25) is 0 Å². The Morgan fingerprint density at radius 2 is 1.37 bits per heavy atom. The van der Waals surface area contributed by atoms with Gasteiger partial charge in [-0.2, -0.15) is 4.98 Å². The van der Waals surface area contributed by atoms with Gasteiger partial charge in [0.1, 0.15) is 17.2 Å². The van der Waals surface area contributed by atoms with Crippen LogP contribution in [0.4, 0.5) is 0 Å². The summed E-state index contributed by atoms with van der Waals surface area (Å²) in [6, 6.07) is 31.9. The van der Waals surface area contributed by atoms with Crippen LogP contribution in [0.25, 0.3) is 39.5 Å². The Morgan fingerprint density at radius 1 is 0.743 bits per heavy atom. The van der Waals surface area contributed by atoms with Gasteiger partial charge < -0.3 is 9.15 Å². The van der Waals surface area contributed by atoms with E-state index < -0.39 is 9.84 Å². The summed E-state index contributed by atoms with van der Waals surface area (Å²) in [6.07, 6.45) is 1.20. The number of imidazole rings is 1. The van der Waals surface area contributed by atoms with Gasteiger partial charge in [-0.15, -0.1) is 0 Å². The highest BCUT2D eigenvalue weighted by Crippen LogP contribution is 2.37. The number of oxazole rings is 1. The van der Waals surface area contributed by atoms with Gasteiger partial charge in [-0.1, -0.05) is 42.5 Å². The second kappa shape index (κ2) is 8.14. The lowest BCUT2D eigenvalue weighted by atomic mass is 10.0. The Balaban J connectivity index is 1.50. The number of rotatable bonds is 5. The van der Waals surface area contributed by atoms with Crippen molar-refractivity contribution in [3.8, 4) is 34.0 Å². The fraction of sp³-hybridized carbons (Fsp3) is 0.0357. The van der Waals surface area contributed by atoms with Crippen LogP contribution in [0.15, 0.2) is 112 Å². The van der Waals surface area contributed by atoms with E-state index in [2.05, 4.69) is 0 Å². The molecule has 6 nitrogen and oxygen atoms in total. The van der Waals surface area contributed by atoms with Crippen LogP contribution < -0.4 is 4.74 Å². The second-order valence-electron chi connectivity index (χ2n) is 8.23. The molecule has 0 aliphatic rings. The molecule has 4 aromatic carbocycles. The summed E-state index contributed by atoms with van der Waals surface area (Å²) >= 11 is 0. The Hall–Kier alpha value is -4.36. The molecule has 0 bridgehead atoms. The standard InChI is InChI=1S/C28H20N2O4S/c1-35(31,32)23-17-13-20(14-18-23)27-26(29-28-30(27)24-9-5-6-10-25(24)34-28)19-11-15-22(16-12-19)33-21-7-3-2-4-8-21/h2-18H,1H3. The summed E-state index contributed by atoms with van der Waals surface area (Å²) in [6.45, 7) is 0. The average Bonchev–Trinajstić information content (AvgIpc) is 3.41. The predicted octanol–water partition coefficient (Wildman–Crippen LogP) is 6.61. The number of hydrogen-bond acceptors (Lipinski definition) is 5. The van der Waals surface area contributed by atoms with E-state index >= 15 is 0 Å². The van der Waals surface area contributed by atoms with Gasteiger partial charge in [-0.3, -0.25) is 4.40 Å². The maximum Gasteiger partial charge on any atom is 0.307 e. The molecule has 35 heavy (non-hydrogen) atoms. The van der Waals surface area contributed by atoms with Crippen molar-refractivity contribution < 1.29 is 17.6 Å². The fourth-order valence-corrected chi connectivity index (χ4v) is 4.78. The van der Waals surface area contributed by atoms with E-state index in [1.165, 1.54) is 6.26 Å². The zero-order chi connectivity index (χ0) is 24.0. The van der Waals surface area contributed by atoms with Gasteiger partial charge in [0.2, 0.25) is 0 Å². The lowest BCUT2D eigenvalue weighted by molar-refractivity contribution is 0.483. The number of ether oxygens (including phenoxy) is 1. The molecule has 2 heterocycles. The van der Waals surface area contributed by atoms with Crippen LogP contribution in [-0.2, 0) is 9.84 Å². The zero-order valence-corrected chi connectivity index (χ0v) is 19.6. The first-order valence-electron chi connectivity index (χ1n) is 11.0. The fourth-order valence-electron chi connectivity index (χ4n) is 4.15. The number of hydrogen-bond donors (Lipinski definition) is 0. The third-order valence-electron chi connectivity index (χ3n) is 5.82. The van der Waals surface area contributed by atoms with Crippen molar-refractivity contribution in [2.75, 3.05) is 6.26 Å². The number of nitrogens with zero attached hydrogens (tertiary/aromatic N) is 2. The second-order valence-corrected chi connectivity index (χ2v) is 10.2. The molecule has 172 valence electrons. The SMILES string of the molecule is CS(=O)(=O)c1ccc(-c2c(-c3ccc(Oc4ccccc4)cc3)nc3oc4ccccc4n23)cc1. The molecule has 0 N–H and O–H groups in total. The van der Waals surface area contributed by atoms with Crippen molar-refractivity contribution in [1.29, 1.82) is 0 Å². The zero-order valence-electron chi connectivity index (χ0n) is 18.8. The molecule has 7 heteroatoms. The van der Waals surface area contributed by atoms with E-state index in [1.54, 1.807) is 24.3 Å². The molecule has 6 aromatic rings. The molecule has 0 aliphatic heterocycles. The first kappa shape index (κ1) is 21.2. The van der Waals surface area contributed by atoms with Crippen LogP contribution in [-0.4, -0.2) is 24.1 Å². The van der Waals surface area contributed by atoms with Crippen LogP contribution in [0, 0.1) is 0 Å². The highest BCUT2D eigenvalue weighted by molar-refractivity contribution is 7.90. The Labute approximate surface area is 202 Å². The molecule has 0 atom stereocenters. The van der Waals surface area contributed by atoms with E-state index in [0.29, 0.717) is 11.6 Å². The molecular formula is C28H20N2O4S. The summed E-state index contributed by atoms with van der Waals surface area (Å²) in [5.74, 6) is 1.94. The molecule has 0 spiro atoms. The van der Waals surface area contributed by atoms with Gasteiger partial charge in [0, 0.05) is 17.4 Å². The first-order valence-corrected chi connectivity index (χ1v) is 12.9. The monoisotopic (exact) mass is 480 g/mol. The maximum atomic E-state index is 12.0. The average molecular weight is 481 g/mol. The van der Waals surface area contributed by atoms with Crippen molar-refractivity contribution in [1.82, 2.24) is 9.38 Å². The number of fused-ring (bicyclic) bond motifs is 3. The molecule has 0 saturated heterocycles. The summed E-state index contributed by atoms with van der Waals surface area (Å²) in [5.41, 5.74) is 4.87.